The molecule has 0 aliphatic carbocycles. The molecule has 0 saturated heterocycles. The molecule has 8 nitrogen and oxygen atoms in total. The second-order valence-electron chi connectivity index (χ2n) is 5.85. The van der Waals surface area contributed by atoms with E-state index in [0.29, 0.717) is 5.56 Å². The van der Waals surface area contributed by atoms with Crippen LogP contribution in [0.2, 0.25) is 0 Å². The summed E-state index contributed by atoms with van der Waals surface area (Å²) in [7, 11) is 1.58. The molecular weight excluding hydrogens is 354 g/mol. The fourth-order valence-electron chi connectivity index (χ4n) is 2.41. The van der Waals surface area contributed by atoms with E-state index in [9.17, 15) is 20.3 Å². The fraction of sp³-hybridized carbons (Fsp3) is 0.368. The molecule has 0 amide bonds. The van der Waals surface area contributed by atoms with Gasteiger partial charge in [0.1, 0.15) is 18.0 Å². The number of ether oxygens (including phenoxy) is 3. The molecule has 0 bridgehead atoms. The van der Waals surface area contributed by atoms with Gasteiger partial charge in [-0.2, -0.15) is 0 Å². The van der Waals surface area contributed by atoms with Crippen molar-refractivity contribution in [3.05, 3.63) is 69.8 Å². The third-order valence-corrected chi connectivity index (χ3v) is 3.97. The number of rotatable bonds is 11. The van der Waals surface area contributed by atoms with Gasteiger partial charge in [-0.05, 0) is 23.8 Å². The van der Waals surface area contributed by atoms with E-state index in [1.165, 1.54) is 6.07 Å². The average molecular weight is 377 g/mol. The van der Waals surface area contributed by atoms with E-state index in [4.69, 9.17) is 14.2 Å². The van der Waals surface area contributed by atoms with E-state index < -0.39 is 23.7 Å². The highest BCUT2D eigenvalue weighted by Crippen LogP contribution is 2.20. The lowest BCUT2D eigenvalue weighted by molar-refractivity contribution is -0.386. The molecule has 2 aromatic carbocycles. The Morgan fingerprint density at radius 1 is 1.11 bits per heavy atom. The molecule has 146 valence electrons. The van der Waals surface area contributed by atoms with E-state index in [-0.39, 0.29) is 25.5 Å². The highest BCUT2D eigenvalue weighted by molar-refractivity contribution is 5.39. The van der Waals surface area contributed by atoms with Crippen molar-refractivity contribution < 1.29 is 29.3 Å². The number of aliphatic hydroxyl groups excluding tert-OH is 2. The maximum Gasteiger partial charge on any atom is 0.274 e. The van der Waals surface area contributed by atoms with Crippen LogP contribution in [0.4, 0.5) is 5.69 Å². The van der Waals surface area contributed by atoms with Crippen LogP contribution in [0.5, 0.6) is 5.75 Å². The van der Waals surface area contributed by atoms with Gasteiger partial charge in [0.25, 0.3) is 5.69 Å². The molecule has 2 atom stereocenters. The zero-order chi connectivity index (χ0) is 19.6. The Morgan fingerprint density at radius 3 is 2.44 bits per heavy atom. The molecule has 27 heavy (non-hydrogen) atoms. The van der Waals surface area contributed by atoms with Crippen LogP contribution < -0.4 is 4.74 Å². The second kappa shape index (κ2) is 10.6. The number of para-hydroxylation sites is 1. The number of hydrogen-bond donors (Lipinski definition) is 2. The molecule has 8 heteroatoms. The zero-order valence-corrected chi connectivity index (χ0v) is 15.0. The van der Waals surface area contributed by atoms with Gasteiger partial charge in [-0.25, -0.2) is 0 Å². The average Bonchev–Trinajstić information content (AvgIpc) is 2.70. The van der Waals surface area contributed by atoms with E-state index in [1.54, 1.807) is 25.3 Å². The molecule has 2 N–H and O–H groups in total. The molecule has 2 aromatic rings. The first-order chi connectivity index (χ1) is 13.0. The first-order valence-corrected chi connectivity index (χ1v) is 8.38. The van der Waals surface area contributed by atoms with Crippen molar-refractivity contribution in [2.45, 2.75) is 25.4 Å². The number of methoxy groups -OCH3 is 1. The standard InChI is InChI=1S/C19H23NO7/c1-25-16-8-6-14(7-9-16)11-26-13-19(18(22)10-21)27-12-15-4-2-3-5-17(15)20(23)24/h2-9,18-19,21-22H,10-13H2,1H3/t18-,19+/m1/s1. The van der Waals surface area contributed by atoms with Gasteiger partial charge >= 0.3 is 0 Å². The van der Waals surface area contributed by atoms with Crippen molar-refractivity contribution >= 4 is 5.69 Å². The molecule has 0 aromatic heterocycles. The topological polar surface area (TPSA) is 111 Å². The molecular formula is C19H23NO7. The van der Waals surface area contributed by atoms with Crippen LogP contribution >= 0.6 is 0 Å². The van der Waals surface area contributed by atoms with Crippen molar-refractivity contribution in [3.63, 3.8) is 0 Å². The molecule has 0 unspecified atom stereocenters. The lowest BCUT2D eigenvalue weighted by Gasteiger charge is -2.22. The molecule has 0 radical (unpaired) electrons. The smallest absolute Gasteiger partial charge is 0.274 e. The number of nitrogens with zero attached hydrogens (tertiary/aromatic N) is 1. The van der Waals surface area contributed by atoms with Crippen LogP contribution in [0.15, 0.2) is 48.5 Å². The minimum Gasteiger partial charge on any atom is -0.497 e. The number of hydrogen-bond acceptors (Lipinski definition) is 7. The van der Waals surface area contributed by atoms with E-state index in [1.807, 2.05) is 24.3 Å². The summed E-state index contributed by atoms with van der Waals surface area (Å²) in [5, 5.41) is 30.2. The van der Waals surface area contributed by atoms with E-state index in [0.717, 1.165) is 11.3 Å². The van der Waals surface area contributed by atoms with Crippen LogP contribution in [0.3, 0.4) is 0 Å². The number of nitro groups is 1. The van der Waals surface area contributed by atoms with Crippen LogP contribution in [0.1, 0.15) is 11.1 Å². The zero-order valence-electron chi connectivity index (χ0n) is 15.0. The van der Waals surface area contributed by atoms with Crippen molar-refractivity contribution in [1.29, 1.82) is 0 Å². The maximum atomic E-state index is 11.1. The molecule has 0 aliphatic rings. The Morgan fingerprint density at radius 2 is 1.81 bits per heavy atom. The van der Waals surface area contributed by atoms with Gasteiger partial charge in [0.15, 0.2) is 0 Å². The monoisotopic (exact) mass is 377 g/mol. The van der Waals surface area contributed by atoms with E-state index in [2.05, 4.69) is 0 Å². The Hall–Kier alpha value is -2.52. The fourth-order valence-corrected chi connectivity index (χ4v) is 2.41. The van der Waals surface area contributed by atoms with Gasteiger partial charge < -0.3 is 24.4 Å². The Balaban J connectivity index is 1.92. The van der Waals surface area contributed by atoms with Gasteiger partial charge in [0.2, 0.25) is 0 Å². The van der Waals surface area contributed by atoms with Crippen molar-refractivity contribution in [2.75, 3.05) is 20.3 Å². The molecule has 0 heterocycles. The number of aliphatic hydroxyl groups is 2. The van der Waals surface area contributed by atoms with Gasteiger partial charge in [-0.15, -0.1) is 0 Å². The summed E-state index contributed by atoms with van der Waals surface area (Å²) in [6.45, 7) is -0.278. The molecule has 0 saturated carbocycles. The Bertz CT molecular complexity index is 720. The summed E-state index contributed by atoms with van der Waals surface area (Å²) in [4.78, 5) is 10.6. The summed E-state index contributed by atoms with van der Waals surface area (Å²) >= 11 is 0. The van der Waals surface area contributed by atoms with Gasteiger partial charge in [-0.1, -0.05) is 24.3 Å². The summed E-state index contributed by atoms with van der Waals surface area (Å²) in [6, 6.07) is 13.5. The first kappa shape index (κ1) is 20.8. The van der Waals surface area contributed by atoms with Crippen LogP contribution in [-0.4, -0.2) is 47.7 Å². The van der Waals surface area contributed by atoms with Crippen molar-refractivity contribution in [3.8, 4) is 5.75 Å². The van der Waals surface area contributed by atoms with Crippen molar-refractivity contribution in [2.24, 2.45) is 0 Å². The molecule has 2 rings (SSSR count). The summed E-state index contributed by atoms with van der Waals surface area (Å²) in [6.07, 6.45) is -1.99. The van der Waals surface area contributed by atoms with Gasteiger partial charge in [-0.3, -0.25) is 10.1 Å². The van der Waals surface area contributed by atoms with Crippen LogP contribution in [-0.2, 0) is 22.7 Å². The largest absolute Gasteiger partial charge is 0.497 e. The summed E-state index contributed by atoms with van der Waals surface area (Å²) < 4.78 is 16.2. The lowest BCUT2D eigenvalue weighted by atomic mass is 10.2. The minimum absolute atomic E-state index is 0.0222. The SMILES string of the molecule is COc1ccc(COC[C@H](OCc2ccccc2[N+](=O)[O-])[C@H](O)CO)cc1. The predicted molar refractivity (Wildman–Crippen MR) is 97.4 cm³/mol. The van der Waals surface area contributed by atoms with Gasteiger partial charge in [0, 0.05) is 6.07 Å². The highest BCUT2D eigenvalue weighted by atomic mass is 16.6. The molecule has 0 aliphatic heterocycles. The van der Waals surface area contributed by atoms with Crippen LogP contribution in [0, 0.1) is 10.1 Å². The summed E-state index contributed by atoms with van der Waals surface area (Å²) in [5.41, 5.74) is 1.23. The maximum absolute atomic E-state index is 11.1. The molecule has 0 spiro atoms. The highest BCUT2D eigenvalue weighted by Gasteiger charge is 2.21. The Kier molecular flexibility index (Phi) is 8.15. The van der Waals surface area contributed by atoms with E-state index >= 15 is 0 Å². The Labute approximate surface area is 157 Å². The number of nitro benzene ring substituents is 1. The normalized spacial score (nSPS) is 13.1. The third-order valence-electron chi connectivity index (χ3n) is 3.97. The number of benzene rings is 2. The van der Waals surface area contributed by atoms with Crippen LogP contribution in [0.25, 0.3) is 0 Å². The lowest BCUT2D eigenvalue weighted by Crippen LogP contribution is -2.36. The van der Waals surface area contributed by atoms with Gasteiger partial charge in [0.05, 0.1) is 44.0 Å². The second-order valence-corrected chi connectivity index (χ2v) is 5.85. The molecule has 0 fully saturated rings. The van der Waals surface area contributed by atoms with Crippen molar-refractivity contribution in [1.82, 2.24) is 0 Å². The predicted octanol–water partition coefficient (Wildman–Crippen LogP) is 2.06. The quantitative estimate of drug-likeness (QED) is 0.455. The minimum atomic E-state index is -1.16. The first-order valence-electron chi connectivity index (χ1n) is 8.38. The third kappa shape index (κ3) is 6.30. The summed E-state index contributed by atoms with van der Waals surface area (Å²) in [5.74, 6) is 0.736.